The third-order valence-corrected chi connectivity index (χ3v) is 6.05. The zero-order valence-electron chi connectivity index (χ0n) is 14.9. The van der Waals surface area contributed by atoms with Crippen molar-refractivity contribution in [3.63, 3.8) is 0 Å². The summed E-state index contributed by atoms with van der Waals surface area (Å²) in [6, 6.07) is 1.52. The fraction of sp³-hybridized carbons (Fsp3) is 1.00. The van der Waals surface area contributed by atoms with Crippen molar-refractivity contribution < 1.29 is 0 Å². The van der Waals surface area contributed by atoms with Gasteiger partial charge in [0.2, 0.25) is 0 Å². The second-order valence-corrected chi connectivity index (χ2v) is 7.83. The molecule has 124 valence electrons. The Labute approximate surface area is 133 Å². The van der Waals surface area contributed by atoms with E-state index in [2.05, 4.69) is 37.9 Å². The van der Waals surface area contributed by atoms with Crippen LogP contribution in [0.1, 0.15) is 72.6 Å². The molecule has 2 rings (SSSR count). The van der Waals surface area contributed by atoms with Crippen LogP contribution >= 0.6 is 0 Å². The van der Waals surface area contributed by atoms with Crippen LogP contribution in [0, 0.1) is 17.8 Å². The van der Waals surface area contributed by atoms with Crippen LogP contribution in [0.4, 0.5) is 0 Å². The van der Waals surface area contributed by atoms with Crippen molar-refractivity contribution in [2.75, 3.05) is 19.6 Å². The summed E-state index contributed by atoms with van der Waals surface area (Å²) in [7, 11) is 0. The lowest BCUT2D eigenvalue weighted by molar-refractivity contribution is 0.0619. The average Bonchev–Trinajstić information content (AvgIpc) is 2.44. The summed E-state index contributed by atoms with van der Waals surface area (Å²) in [6.45, 7) is 13.3. The molecule has 21 heavy (non-hydrogen) atoms. The van der Waals surface area contributed by atoms with Gasteiger partial charge in [-0.2, -0.15) is 0 Å². The van der Waals surface area contributed by atoms with Crippen LogP contribution in [0.2, 0.25) is 0 Å². The lowest BCUT2D eigenvalue weighted by Gasteiger charge is -2.46. The maximum absolute atomic E-state index is 3.86. The van der Waals surface area contributed by atoms with E-state index in [1.165, 1.54) is 64.6 Å². The molecule has 2 aliphatic rings. The molecule has 0 radical (unpaired) electrons. The van der Waals surface area contributed by atoms with Crippen molar-refractivity contribution in [1.82, 2.24) is 10.2 Å². The van der Waals surface area contributed by atoms with Gasteiger partial charge in [-0.15, -0.1) is 0 Å². The second kappa shape index (κ2) is 8.53. The van der Waals surface area contributed by atoms with E-state index in [0.29, 0.717) is 0 Å². The molecule has 1 N–H and O–H groups in total. The van der Waals surface area contributed by atoms with Gasteiger partial charge in [0, 0.05) is 18.6 Å². The van der Waals surface area contributed by atoms with Gasteiger partial charge in [0.1, 0.15) is 0 Å². The van der Waals surface area contributed by atoms with E-state index in [4.69, 9.17) is 0 Å². The molecule has 0 aromatic rings. The van der Waals surface area contributed by atoms with E-state index in [9.17, 15) is 0 Å². The van der Waals surface area contributed by atoms with Gasteiger partial charge in [0.05, 0.1) is 0 Å². The Kier molecular flexibility index (Phi) is 7.01. The number of hydrogen-bond donors (Lipinski definition) is 1. The van der Waals surface area contributed by atoms with Gasteiger partial charge in [-0.1, -0.05) is 34.1 Å². The van der Waals surface area contributed by atoms with Gasteiger partial charge < -0.3 is 5.32 Å². The van der Waals surface area contributed by atoms with Crippen LogP contribution in [0.25, 0.3) is 0 Å². The highest BCUT2D eigenvalue weighted by Gasteiger charge is 2.35. The number of likely N-dealkylation sites (N-methyl/N-ethyl adjacent to an activating group) is 1. The van der Waals surface area contributed by atoms with Crippen LogP contribution in [0.5, 0.6) is 0 Å². The monoisotopic (exact) mass is 294 g/mol. The molecule has 0 heterocycles. The summed E-state index contributed by atoms with van der Waals surface area (Å²) >= 11 is 0. The molecule has 3 unspecified atom stereocenters. The molecule has 3 atom stereocenters. The van der Waals surface area contributed by atoms with Crippen LogP contribution in [0.15, 0.2) is 0 Å². The summed E-state index contributed by atoms with van der Waals surface area (Å²) in [4.78, 5) is 2.83. The summed E-state index contributed by atoms with van der Waals surface area (Å²) < 4.78 is 0. The van der Waals surface area contributed by atoms with Crippen LogP contribution < -0.4 is 5.32 Å². The van der Waals surface area contributed by atoms with Crippen LogP contribution in [-0.2, 0) is 0 Å². The highest BCUT2D eigenvalue weighted by molar-refractivity contribution is 4.92. The molecule has 0 amide bonds. The first-order valence-electron chi connectivity index (χ1n) is 9.63. The van der Waals surface area contributed by atoms with E-state index in [0.717, 1.165) is 29.8 Å². The summed E-state index contributed by atoms with van der Waals surface area (Å²) in [5, 5.41) is 3.86. The van der Waals surface area contributed by atoms with E-state index in [1.807, 2.05) is 0 Å². The fourth-order valence-electron chi connectivity index (χ4n) is 4.26. The second-order valence-electron chi connectivity index (χ2n) is 7.83. The third-order valence-electron chi connectivity index (χ3n) is 6.05. The van der Waals surface area contributed by atoms with Gasteiger partial charge in [0.15, 0.2) is 0 Å². The highest BCUT2D eigenvalue weighted by atomic mass is 15.2. The predicted molar refractivity (Wildman–Crippen MR) is 92.6 cm³/mol. The van der Waals surface area contributed by atoms with E-state index in [-0.39, 0.29) is 0 Å². The Morgan fingerprint density at radius 3 is 2.38 bits per heavy atom. The van der Waals surface area contributed by atoms with Crippen molar-refractivity contribution >= 4 is 0 Å². The molecule has 2 nitrogen and oxygen atoms in total. The number of nitrogens with one attached hydrogen (secondary N) is 1. The van der Waals surface area contributed by atoms with Gasteiger partial charge >= 0.3 is 0 Å². The molecule has 2 heteroatoms. The zero-order valence-corrected chi connectivity index (χ0v) is 14.9. The molecule has 0 aliphatic heterocycles. The Balaban J connectivity index is 1.98. The van der Waals surface area contributed by atoms with Gasteiger partial charge in [-0.25, -0.2) is 0 Å². The molecule has 2 fully saturated rings. The molecule has 0 spiro atoms. The lowest BCUT2D eigenvalue weighted by Crippen LogP contribution is -2.55. The number of nitrogens with zero attached hydrogens (tertiary/aromatic N) is 1. The molecule has 0 aromatic heterocycles. The fourth-order valence-corrected chi connectivity index (χ4v) is 4.26. The maximum Gasteiger partial charge on any atom is 0.0252 e. The minimum Gasteiger partial charge on any atom is -0.312 e. The van der Waals surface area contributed by atoms with Crippen molar-refractivity contribution in [3.05, 3.63) is 0 Å². The van der Waals surface area contributed by atoms with E-state index < -0.39 is 0 Å². The minimum atomic E-state index is 0.736. The largest absolute Gasteiger partial charge is 0.312 e. The van der Waals surface area contributed by atoms with Gasteiger partial charge in [-0.3, -0.25) is 4.90 Å². The molecule has 0 saturated heterocycles. The number of hydrogen-bond acceptors (Lipinski definition) is 2. The van der Waals surface area contributed by atoms with Gasteiger partial charge in [0.25, 0.3) is 0 Å². The van der Waals surface area contributed by atoms with Crippen molar-refractivity contribution in [2.24, 2.45) is 17.8 Å². The molecule has 2 saturated carbocycles. The van der Waals surface area contributed by atoms with Gasteiger partial charge in [-0.05, 0) is 69.4 Å². The quantitative estimate of drug-likeness (QED) is 0.718. The smallest absolute Gasteiger partial charge is 0.0252 e. The first-order chi connectivity index (χ1) is 10.2. The first kappa shape index (κ1) is 17.3. The third kappa shape index (κ3) is 4.69. The molecule has 2 aliphatic carbocycles. The van der Waals surface area contributed by atoms with E-state index in [1.54, 1.807) is 0 Å². The maximum atomic E-state index is 3.86. The first-order valence-corrected chi connectivity index (χ1v) is 9.63. The zero-order chi connectivity index (χ0) is 15.2. The van der Waals surface area contributed by atoms with Crippen molar-refractivity contribution in [2.45, 2.75) is 84.7 Å². The van der Waals surface area contributed by atoms with Crippen molar-refractivity contribution in [3.8, 4) is 0 Å². The molecular formula is C19H38N2. The summed E-state index contributed by atoms with van der Waals surface area (Å²) in [6.07, 6.45) is 9.91. The van der Waals surface area contributed by atoms with Crippen molar-refractivity contribution in [1.29, 1.82) is 0 Å². The normalized spacial score (nSPS) is 30.9. The summed E-state index contributed by atoms with van der Waals surface area (Å²) in [5.74, 6) is 2.78. The van der Waals surface area contributed by atoms with Crippen LogP contribution in [-0.4, -0.2) is 36.6 Å². The Bertz CT molecular complexity index is 285. The molecule has 0 bridgehead atoms. The molecule has 0 aromatic carbocycles. The lowest BCUT2D eigenvalue weighted by atomic mass is 9.75. The SMILES string of the molecule is CCCNC1CCC(C(C)C)CC1N(CC)CC1CCC1. The average molecular weight is 295 g/mol. The Hall–Kier alpha value is -0.0800. The van der Waals surface area contributed by atoms with Crippen LogP contribution in [0.3, 0.4) is 0 Å². The summed E-state index contributed by atoms with van der Waals surface area (Å²) in [5.41, 5.74) is 0. The number of rotatable bonds is 8. The standard InChI is InChI=1S/C19H38N2/c1-5-12-20-18-11-10-17(15(3)4)13-19(18)21(6-2)14-16-8-7-9-16/h15-20H,5-14H2,1-4H3. The topological polar surface area (TPSA) is 15.3 Å². The molecular weight excluding hydrogens is 256 g/mol. The Morgan fingerprint density at radius 1 is 1.10 bits per heavy atom. The van der Waals surface area contributed by atoms with E-state index >= 15 is 0 Å². The predicted octanol–water partition coefficient (Wildman–Crippen LogP) is 4.30. The minimum absolute atomic E-state index is 0.736. The highest BCUT2D eigenvalue weighted by Crippen LogP contribution is 2.35. The Morgan fingerprint density at radius 2 is 1.86 bits per heavy atom.